The van der Waals surface area contributed by atoms with Crippen LogP contribution in [0.5, 0.6) is 0 Å². The second-order valence-electron chi connectivity index (χ2n) is 6.50. The van der Waals surface area contributed by atoms with Gasteiger partial charge in [-0.25, -0.2) is 9.59 Å². The molecule has 2 aromatic carbocycles. The molecule has 0 bridgehead atoms. The predicted octanol–water partition coefficient (Wildman–Crippen LogP) is 2.49. The van der Waals surface area contributed by atoms with Crippen LogP contribution in [0, 0.1) is 24.0 Å². The Morgan fingerprint density at radius 3 is 2.43 bits per heavy atom. The standard InChI is InChI=1S/C20H18N4O6/c1-12-9-16(24(28)29)7-8-17(12)22-18(25)11-30-19(26)14-3-5-15(6-4-14)23-13(2)10-21-20(23)27/h3-10H,11H2,1-2H3,(H,21,27)(H,22,25). The highest BCUT2D eigenvalue weighted by atomic mass is 16.6. The molecule has 154 valence electrons. The van der Waals surface area contributed by atoms with Crippen LogP contribution >= 0.6 is 0 Å². The number of benzene rings is 2. The van der Waals surface area contributed by atoms with E-state index in [-0.39, 0.29) is 16.9 Å². The molecule has 0 unspecified atom stereocenters. The molecule has 10 nitrogen and oxygen atoms in total. The van der Waals surface area contributed by atoms with Gasteiger partial charge in [-0.2, -0.15) is 0 Å². The lowest BCUT2D eigenvalue weighted by Gasteiger charge is -2.09. The van der Waals surface area contributed by atoms with Crippen molar-refractivity contribution in [2.75, 3.05) is 11.9 Å². The third kappa shape index (κ3) is 4.43. The Kier molecular flexibility index (Phi) is 5.77. The minimum absolute atomic E-state index is 0.0857. The van der Waals surface area contributed by atoms with Gasteiger partial charge in [0.1, 0.15) is 0 Å². The first-order valence-electron chi connectivity index (χ1n) is 8.86. The van der Waals surface area contributed by atoms with E-state index in [1.54, 1.807) is 32.2 Å². The molecular weight excluding hydrogens is 392 g/mol. The number of hydrogen-bond acceptors (Lipinski definition) is 6. The third-order valence-electron chi connectivity index (χ3n) is 4.35. The fraction of sp³-hybridized carbons (Fsp3) is 0.150. The van der Waals surface area contributed by atoms with Crippen LogP contribution in [-0.4, -0.2) is 33.0 Å². The molecule has 10 heteroatoms. The molecule has 0 saturated carbocycles. The summed E-state index contributed by atoms with van der Waals surface area (Å²) in [5, 5.41) is 13.3. The predicted molar refractivity (Wildman–Crippen MR) is 108 cm³/mol. The fourth-order valence-electron chi connectivity index (χ4n) is 2.83. The van der Waals surface area contributed by atoms with Gasteiger partial charge in [-0.1, -0.05) is 0 Å². The number of non-ortho nitro benzene ring substituents is 1. The minimum Gasteiger partial charge on any atom is -0.452 e. The maximum Gasteiger partial charge on any atom is 0.338 e. The first-order valence-corrected chi connectivity index (χ1v) is 8.86. The Morgan fingerprint density at radius 2 is 1.87 bits per heavy atom. The maximum absolute atomic E-state index is 12.2. The average Bonchev–Trinajstić information content (AvgIpc) is 3.05. The molecule has 0 fully saturated rings. The topological polar surface area (TPSA) is 136 Å². The number of ether oxygens (including phenoxy) is 1. The number of amides is 1. The zero-order valence-electron chi connectivity index (χ0n) is 16.2. The fourth-order valence-corrected chi connectivity index (χ4v) is 2.83. The highest BCUT2D eigenvalue weighted by molar-refractivity contribution is 5.96. The molecule has 1 heterocycles. The van der Waals surface area contributed by atoms with Crippen molar-refractivity contribution < 1.29 is 19.2 Å². The van der Waals surface area contributed by atoms with Crippen LogP contribution in [0.4, 0.5) is 11.4 Å². The molecule has 3 rings (SSSR count). The van der Waals surface area contributed by atoms with Gasteiger partial charge in [0.25, 0.3) is 11.6 Å². The number of imidazole rings is 1. The molecule has 2 N–H and O–H groups in total. The monoisotopic (exact) mass is 410 g/mol. The number of anilines is 1. The number of nitrogens with zero attached hydrogens (tertiary/aromatic N) is 2. The van der Waals surface area contributed by atoms with Crippen LogP contribution in [-0.2, 0) is 9.53 Å². The molecule has 30 heavy (non-hydrogen) atoms. The van der Waals surface area contributed by atoms with Crippen LogP contribution in [0.3, 0.4) is 0 Å². The number of carbonyl (C=O) groups is 2. The number of rotatable bonds is 6. The molecule has 0 aliphatic heterocycles. The van der Waals surface area contributed by atoms with E-state index in [4.69, 9.17) is 4.74 Å². The number of aromatic amines is 1. The van der Waals surface area contributed by atoms with Gasteiger partial charge in [0.2, 0.25) is 0 Å². The van der Waals surface area contributed by atoms with Crippen LogP contribution < -0.4 is 11.0 Å². The zero-order chi connectivity index (χ0) is 21.8. The number of nitrogens with one attached hydrogen (secondary N) is 2. The van der Waals surface area contributed by atoms with E-state index < -0.39 is 23.4 Å². The summed E-state index contributed by atoms with van der Waals surface area (Å²) >= 11 is 0. The van der Waals surface area contributed by atoms with Crippen molar-refractivity contribution in [3.8, 4) is 5.69 Å². The van der Waals surface area contributed by atoms with Gasteiger partial charge in [-0.3, -0.25) is 19.5 Å². The summed E-state index contributed by atoms with van der Waals surface area (Å²) in [7, 11) is 0. The summed E-state index contributed by atoms with van der Waals surface area (Å²) in [5.74, 6) is -1.28. The highest BCUT2D eigenvalue weighted by Gasteiger charge is 2.14. The number of aromatic nitrogens is 2. The Hall–Kier alpha value is -4.21. The van der Waals surface area contributed by atoms with Crippen LogP contribution in [0.2, 0.25) is 0 Å². The Bertz CT molecular complexity index is 1180. The molecular formula is C20H18N4O6. The van der Waals surface area contributed by atoms with E-state index in [1.165, 1.54) is 34.9 Å². The summed E-state index contributed by atoms with van der Waals surface area (Å²) in [4.78, 5) is 48.8. The van der Waals surface area contributed by atoms with Crippen molar-refractivity contribution in [1.29, 1.82) is 0 Å². The Morgan fingerprint density at radius 1 is 1.17 bits per heavy atom. The van der Waals surface area contributed by atoms with E-state index in [1.807, 2.05) is 0 Å². The summed E-state index contributed by atoms with van der Waals surface area (Å²) in [6, 6.07) is 10.2. The van der Waals surface area contributed by atoms with E-state index >= 15 is 0 Å². The van der Waals surface area contributed by atoms with Gasteiger partial charge in [0.15, 0.2) is 6.61 Å². The molecule has 0 aliphatic carbocycles. The molecule has 0 saturated heterocycles. The molecule has 0 atom stereocenters. The quantitative estimate of drug-likeness (QED) is 0.364. The highest BCUT2D eigenvalue weighted by Crippen LogP contribution is 2.21. The lowest BCUT2D eigenvalue weighted by Crippen LogP contribution is -2.21. The summed E-state index contributed by atoms with van der Waals surface area (Å²) in [6.45, 7) is 2.87. The first-order chi connectivity index (χ1) is 14.3. The lowest BCUT2D eigenvalue weighted by molar-refractivity contribution is -0.384. The second-order valence-corrected chi connectivity index (χ2v) is 6.50. The van der Waals surface area contributed by atoms with E-state index in [0.29, 0.717) is 22.6 Å². The number of carbonyl (C=O) groups excluding carboxylic acids is 2. The lowest BCUT2D eigenvalue weighted by atomic mass is 10.2. The van der Waals surface area contributed by atoms with Crippen LogP contribution in [0.15, 0.2) is 53.5 Å². The number of aryl methyl sites for hydroxylation is 2. The van der Waals surface area contributed by atoms with Crippen molar-refractivity contribution in [1.82, 2.24) is 9.55 Å². The van der Waals surface area contributed by atoms with Gasteiger partial charge >= 0.3 is 11.7 Å². The Labute approximate surface area is 170 Å². The van der Waals surface area contributed by atoms with E-state index in [2.05, 4.69) is 10.3 Å². The zero-order valence-corrected chi connectivity index (χ0v) is 16.2. The molecule has 1 aromatic heterocycles. The molecule has 0 radical (unpaired) electrons. The van der Waals surface area contributed by atoms with Crippen molar-refractivity contribution in [2.24, 2.45) is 0 Å². The molecule has 0 spiro atoms. The van der Waals surface area contributed by atoms with Gasteiger partial charge in [0, 0.05) is 29.7 Å². The summed E-state index contributed by atoms with van der Waals surface area (Å²) in [6.07, 6.45) is 1.58. The Balaban J connectivity index is 1.59. The van der Waals surface area contributed by atoms with Crippen LogP contribution in [0.1, 0.15) is 21.6 Å². The van der Waals surface area contributed by atoms with Gasteiger partial charge in [-0.05, 0) is 49.7 Å². The van der Waals surface area contributed by atoms with Gasteiger partial charge in [0.05, 0.1) is 16.2 Å². The smallest absolute Gasteiger partial charge is 0.338 e. The SMILES string of the molecule is Cc1cc([N+](=O)[O-])ccc1NC(=O)COC(=O)c1ccc(-n2c(C)c[nH]c2=O)cc1. The minimum atomic E-state index is -0.699. The number of nitro groups is 1. The van der Waals surface area contributed by atoms with E-state index in [0.717, 1.165) is 0 Å². The van der Waals surface area contributed by atoms with Gasteiger partial charge < -0.3 is 15.0 Å². The number of H-pyrrole nitrogens is 1. The van der Waals surface area contributed by atoms with Gasteiger partial charge in [-0.15, -0.1) is 0 Å². The molecule has 1 amide bonds. The number of hydrogen-bond donors (Lipinski definition) is 2. The maximum atomic E-state index is 12.2. The third-order valence-corrected chi connectivity index (χ3v) is 4.35. The number of nitro benzene ring substituents is 1. The number of esters is 1. The summed E-state index contributed by atoms with van der Waals surface area (Å²) < 4.78 is 6.46. The first kappa shape index (κ1) is 20.5. The largest absolute Gasteiger partial charge is 0.452 e. The summed E-state index contributed by atoms with van der Waals surface area (Å²) in [5.41, 5.74) is 2.04. The average molecular weight is 410 g/mol. The van der Waals surface area contributed by atoms with Crippen molar-refractivity contribution in [3.05, 3.63) is 86.1 Å². The van der Waals surface area contributed by atoms with E-state index in [9.17, 15) is 24.5 Å². The molecule has 0 aliphatic rings. The van der Waals surface area contributed by atoms with Crippen molar-refractivity contribution in [3.63, 3.8) is 0 Å². The second kappa shape index (κ2) is 8.43. The van der Waals surface area contributed by atoms with Crippen LogP contribution in [0.25, 0.3) is 5.69 Å². The molecule has 3 aromatic rings. The normalized spacial score (nSPS) is 10.5. The van der Waals surface area contributed by atoms with Crippen molar-refractivity contribution in [2.45, 2.75) is 13.8 Å². The van der Waals surface area contributed by atoms with Crippen molar-refractivity contribution >= 4 is 23.3 Å².